The Bertz CT molecular complexity index is 1220. The third-order valence-corrected chi connectivity index (χ3v) is 5.90. The van der Waals surface area contributed by atoms with Gasteiger partial charge in [-0.25, -0.2) is 0 Å². The highest BCUT2D eigenvalue weighted by Gasteiger charge is 2.17. The maximum atomic E-state index is 11.3. The molecule has 0 aliphatic rings. The highest BCUT2D eigenvalue weighted by Crippen LogP contribution is 2.31. The standard InChI is InChI=1S/C24H22N4O3S/c1-30-20-12-10-19(11-13-20)28-23(18-4-3-5-21(14-18)31-2)26-27-24(28)32-15-16-6-8-17(9-7-16)22(25)29/h3-14H,15H2,1-2H3,(H2,25,29). The summed E-state index contributed by atoms with van der Waals surface area (Å²) in [7, 11) is 3.28. The first-order valence-electron chi connectivity index (χ1n) is 9.85. The number of primary amides is 1. The van der Waals surface area contributed by atoms with Gasteiger partial charge in [-0.1, -0.05) is 36.0 Å². The van der Waals surface area contributed by atoms with E-state index in [0.717, 1.165) is 33.5 Å². The molecule has 2 N–H and O–H groups in total. The number of nitrogens with zero attached hydrogens (tertiary/aromatic N) is 3. The van der Waals surface area contributed by atoms with Crippen LogP contribution in [-0.2, 0) is 5.75 Å². The average Bonchev–Trinajstić information content (AvgIpc) is 3.27. The van der Waals surface area contributed by atoms with E-state index in [1.165, 1.54) is 0 Å². The number of amides is 1. The molecular weight excluding hydrogens is 424 g/mol. The van der Waals surface area contributed by atoms with E-state index in [1.54, 1.807) is 38.1 Å². The molecule has 0 spiro atoms. The molecule has 3 aromatic carbocycles. The predicted octanol–water partition coefficient (Wildman–Crippen LogP) is 4.34. The van der Waals surface area contributed by atoms with Crippen LogP contribution in [0.25, 0.3) is 17.1 Å². The number of methoxy groups -OCH3 is 2. The summed E-state index contributed by atoms with van der Waals surface area (Å²) in [6, 6.07) is 22.7. The van der Waals surface area contributed by atoms with Crippen molar-refractivity contribution in [3.05, 3.63) is 83.9 Å². The second-order valence-corrected chi connectivity index (χ2v) is 7.86. The van der Waals surface area contributed by atoms with Gasteiger partial charge >= 0.3 is 0 Å². The summed E-state index contributed by atoms with van der Waals surface area (Å²) in [6.45, 7) is 0. The van der Waals surface area contributed by atoms with Crippen LogP contribution in [0.2, 0.25) is 0 Å². The molecule has 0 radical (unpaired) electrons. The fraction of sp³-hybridized carbons (Fsp3) is 0.125. The lowest BCUT2D eigenvalue weighted by molar-refractivity contribution is 0.100. The minimum atomic E-state index is -0.439. The zero-order chi connectivity index (χ0) is 22.5. The molecule has 0 bridgehead atoms. The summed E-state index contributed by atoms with van der Waals surface area (Å²) in [5, 5.41) is 9.67. The highest BCUT2D eigenvalue weighted by atomic mass is 32.2. The van der Waals surface area contributed by atoms with Gasteiger partial charge < -0.3 is 15.2 Å². The molecule has 0 fully saturated rings. The van der Waals surface area contributed by atoms with Crippen LogP contribution < -0.4 is 15.2 Å². The predicted molar refractivity (Wildman–Crippen MR) is 124 cm³/mol. The van der Waals surface area contributed by atoms with Crippen molar-refractivity contribution in [1.29, 1.82) is 0 Å². The van der Waals surface area contributed by atoms with Gasteiger partial charge in [0.15, 0.2) is 11.0 Å². The minimum absolute atomic E-state index is 0.439. The SMILES string of the molecule is COc1ccc(-n2c(SCc3ccc(C(N)=O)cc3)nnc2-c2cccc(OC)c2)cc1. The van der Waals surface area contributed by atoms with Gasteiger partial charge in [-0.3, -0.25) is 9.36 Å². The van der Waals surface area contributed by atoms with Gasteiger partial charge in [0.2, 0.25) is 5.91 Å². The Kier molecular flexibility index (Phi) is 6.42. The molecular formula is C24H22N4O3S. The monoisotopic (exact) mass is 446 g/mol. The molecule has 1 aromatic heterocycles. The number of benzene rings is 3. The van der Waals surface area contributed by atoms with Crippen LogP contribution in [-0.4, -0.2) is 34.9 Å². The molecule has 1 amide bonds. The lowest BCUT2D eigenvalue weighted by Gasteiger charge is -2.12. The summed E-state index contributed by atoms with van der Waals surface area (Å²) < 4.78 is 12.7. The molecule has 0 atom stereocenters. The maximum absolute atomic E-state index is 11.3. The zero-order valence-corrected chi connectivity index (χ0v) is 18.5. The van der Waals surface area contributed by atoms with Crippen LogP contribution in [0.3, 0.4) is 0 Å². The molecule has 4 aromatic rings. The Labute approximate surface area is 190 Å². The molecule has 0 saturated heterocycles. The van der Waals surface area contributed by atoms with Gasteiger partial charge in [0.25, 0.3) is 0 Å². The van der Waals surface area contributed by atoms with Gasteiger partial charge in [0, 0.05) is 22.6 Å². The molecule has 4 rings (SSSR count). The number of hydrogen-bond donors (Lipinski definition) is 1. The Balaban J connectivity index is 1.69. The van der Waals surface area contributed by atoms with Crippen molar-refractivity contribution in [1.82, 2.24) is 14.8 Å². The third kappa shape index (κ3) is 4.60. The van der Waals surface area contributed by atoms with Crippen molar-refractivity contribution in [2.45, 2.75) is 10.9 Å². The summed E-state index contributed by atoms with van der Waals surface area (Å²) in [6.07, 6.45) is 0. The lowest BCUT2D eigenvalue weighted by atomic mass is 10.1. The van der Waals surface area contributed by atoms with E-state index in [-0.39, 0.29) is 0 Å². The number of nitrogens with two attached hydrogens (primary N) is 1. The van der Waals surface area contributed by atoms with E-state index in [9.17, 15) is 4.79 Å². The fourth-order valence-corrected chi connectivity index (χ4v) is 4.10. The minimum Gasteiger partial charge on any atom is -0.497 e. The summed E-state index contributed by atoms with van der Waals surface area (Å²) >= 11 is 1.56. The number of carbonyl (C=O) groups is 1. The Morgan fingerprint density at radius 1 is 0.938 bits per heavy atom. The van der Waals surface area contributed by atoms with Crippen LogP contribution in [0, 0.1) is 0 Å². The number of carbonyl (C=O) groups excluding carboxylic acids is 1. The maximum Gasteiger partial charge on any atom is 0.248 e. The van der Waals surface area contributed by atoms with Crippen LogP contribution in [0.15, 0.2) is 78.0 Å². The van der Waals surface area contributed by atoms with Gasteiger partial charge in [0.05, 0.1) is 14.2 Å². The van der Waals surface area contributed by atoms with E-state index in [0.29, 0.717) is 17.1 Å². The second kappa shape index (κ2) is 9.57. The first-order valence-corrected chi connectivity index (χ1v) is 10.8. The van der Waals surface area contributed by atoms with Crippen molar-refractivity contribution in [3.63, 3.8) is 0 Å². The van der Waals surface area contributed by atoms with Crippen molar-refractivity contribution < 1.29 is 14.3 Å². The second-order valence-electron chi connectivity index (χ2n) is 6.92. The van der Waals surface area contributed by atoms with Crippen molar-refractivity contribution in [3.8, 4) is 28.6 Å². The van der Waals surface area contributed by atoms with Crippen molar-refractivity contribution in [2.24, 2.45) is 5.73 Å². The average molecular weight is 447 g/mol. The van der Waals surface area contributed by atoms with Crippen molar-refractivity contribution >= 4 is 17.7 Å². The molecule has 7 nitrogen and oxygen atoms in total. The number of rotatable bonds is 8. The molecule has 0 unspecified atom stereocenters. The van der Waals surface area contributed by atoms with Crippen LogP contribution in [0.4, 0.5) is 0 Å². The summed E-state index contributed by atoms with van der Waals surface area (Å²) in [5.41, 5.74) is 8.67. The quantitative estimate of drug-likeness (QED) is 0.405. The van der Waals surface area contributed by atoms with Crippen LogP contribution >= 0.6 is 11.8 Å². The van der Waals surface area contributed by atoms with Gasteiger partial charge in [0.1, 0.15) is 11.5 Å². The lowest BCUT2D eigenvalue weighted by Crippen LogP contribution is -2.10. The summed E-state index contributed by atoms with van der Waals surface area (Å²) in [5.74, 6) is 2.45. The fourth-order valence-electron chi connectivity index (χ4n) is 3.19. The Morgan fingerprint density at radius 2 is 1.66 bits per heavy atom. The smallest absolute Gasteiger partial charge is 0.248 e. The van der Waals surface area contributed by atoms with E-state index < -0.39 is 5.91 Å². The highest BCUT2D eigenvalue weighted by molar-refractivity contribution is 7.98. The first kappa shape index (κ1) is 21.5. The van der Waals surface area contributed by atoms with Gasteiger partial charge in [-0.05, 0) is 54.1 Å². The van der Waals surface area contributed by atoms with Crippen molar-refractivity contribution in [2.75, 3.05) is 14.2 Å². The Morgan fingerprint density at radius 3 is 2.31 bits per heavy atom. The first-order chi connectivity index (χ1) is 15.6. The van der Waals surface area contributed by atoms with Gasteiger partial charge in [-0.15, -0.1) is 10.2 Å². The Hall–Kier alpha value is -3.78. The molecule has 162 valence electrons. The normalized spacial score (nSPS) is 10.7. The molecule has 1 heterocycles. The van der Waals surface area contributed by atoms with Gasteiger partial charge in [-0.2, -0.15) is 0 Å². The number of ether oxygens (including phenoxy) is 2. The molecule has 0 saturated carbocycles. The molecule has 0 aliphatic carbocycles. The van der Waals surface area contributed by atoms with E-state index in [2.05, 4.69) is 10.2 Å². The van der Waals surface area contributed by atoms with E-state index in [1.807, 2.05) is 65.2 Å². The van der Waals surface area contributed by atoms with Crippen LogP contribution in [0.5, 0.6) is 11.5 Å². The number of thioether (sulfide) groups is 1. The molecule has 0 aliphatic heterocycles. The van der Waals surface area contributed by atoms with E-state index >= 15 is 0 Å². The summed E-state index contributed by atoms with van der Waals surface area (Å²) in [4.78, 5) is 11.3. The largest absolute Gasteiger partial charge is 0.497 e. The molecule has 32 heavy (non-hydrogen) atoms. The zero-order valence-electron chi connectivity index (χ0n) is 17.7. The number of hydrogen-bond acceptors (Lipinski definition) is 6. The third-order valence-electron chi connectivity index (χ3n) is 4.90. The molecule has 8 heteroatoms. The number of aromatic nitrogens is 3. The van der Waals surface area contributed by atoms with E-state index in [4.69, 9.17) is 15.2 Å². The topological polar surface area (TPSA) is 92.3 Å². The van der Waals surface area contributed by atoms with Crippen LogP contribution in [0.1, 0.15) is 15.9 Å².